The summed E-state index contributed by atoms with van der Waals surface area (Å²) in [6.45, 7) is 0. The Labute approximate surface area is 107 Å². The predicted molar refractivity (Wildman–Crippen MR) is 68.6 cm³/mol. The molecule has 1 fully saturated rings. The molecule has 0 saturated heterocycles. The van der Waals surface area contributed by atoms with Gasteiger partial charge >= 0.3 is 5.97 Å². The molecule has 3 nitrogen and oxygen atoms in total. The molecule has 2 rings (SSSR count). The smallest absolute Gasteiger partial charge is 0.309 e. The maximum Gasteiger partial charge on any atom is 0.309 e. The Bertz CT molecular complexity index is 504. The van der Waals surface area contributed by atoms with E-state index in [1.807, 2.05) is 30.3 Å². The van der Waals surface area contributed by atoms with Gasteiger partial charge in [-0.2, -0.15) is 5.26 Å². The lowest BCUT2D eigenvalue weighted by Crippen LogP contribution is -2.01. The van der Waals surface area contributed by atoms with Crippen LogP contribution in [0.5, 0.6) is 0 Å². The van der Waals surface area contributed by atoms with E-state index in [0.717, 1.165) is 24.0 Å². The normalized spacial score (nSPS) is 16.2. The minimum absolute atomic E-state index is 0.228. The molecular weight excluding hydrogens is 226 g/mol. The Morgan fingerprint density at radius 1 is 1.44 bits per heavy atom. The molecule has 3 heteroatoms. The highest BCUT2D eigenvalue weighted by molar-refractivity contribution is 5.72. The molecule has 0 radical (unpaired) electrons. The van der Waals surface area contributed by atoms with Crippen LogP contribution in [0.3, 0.4) is 0 Å². The van der Waals surface area contributed by atoms with Crippen LogP contribution in [0.4, 0.5) is 0 Å². The quantitative estimate of drug-likeness (QED) is 0.761. The van der Waals surface area contributed by atoms with Crippen molar-refractivity contribution in [1.29, 1.82) is 5.26 Å². The summed E-state index contributed by atoms with van der Waals surface area (Å²) in [7, 11) is 1.38. The second kappa shape index (κ2) is 5.05. The molecular formula is C15H15NO2. The summed E-state index contributed by atoms with van der Waals surface area (Å²) in [6, 6.07) is 10.3. The molecule has 0 aromatic heterocycles. The number of methoxy groups -OCH3 is 1. The van der Waals surface area contributed by atoms with Gasteiger partial charge < -0.3 is 4.74 Å². The summed E-state index contributed by atoms with van der Waals surface area (Å²) in [5.41, 5.74) is 1.89. The molecule has 1 aliphatic carbocycles. The highest BCUT2D eigenvalue weighted by Gasteiger charge is 2.44. The number of hydrogen-bond donors (Lipinski definition) is 0. The summed E-state index contributed by atoms with van der Waals surface area (Å²) in [4.78, 5) is 10.9. The van der Waals surface area contributed by atoms with Crippen LogP contribution in [0.2, 0.25) is 0 Å². The fraction of sp³-hybridized carbons (Fsp3) is 0.333. The second-order valence-electron chi connectivity index (χ2n) is 4.50. The summed E-state index contributed by atoms with van der Waals surface area (Å²) < 4.78 is 4.55. The number of esters is 1. The fourth-order valence-corrected chi connectivity index (χ4v) is 1.88. The van der Waals surface area contributed by atoms with E-state index in [1.165, 1.54) is 7.11 Å². The van der Waals surface area contributed by atoms with Crippen molar-refractivity contribution in [1.82, 2.24) is 0 Å². The van der Waals surface area contributed by atoms with Crippen LogP contribution in [0.1, 0.15) is 30.4 Å². The molecule has 1 aliphatic rings. The Hall–Kier alpha value is -2.08. The number of carbonyl (C=O) groups excluding carboxylic acids is 1. The maximum absolute atomic E-state index is 10.9. The van der Waals surface area contributed by atoms with Gasteiger partial charge in [0.05, 0.1) is 25.0 Å². The molecule has 0 heterocycles. The second-order valence-corrected chi connectivity index (χ2v) is 4.50. The first-order chi connectivity index (χ1) is 8.70. The van der Waals surface area contributed by atoms with E-state index in [9.17, 15) is 4.79 Å². The summed E-state index contributed by atoms with van der Waals surface area (Å²) >= 11 is 0. The van der Waals surface area contributed by atoms with Gasteiger partial charge in [0, 0.05) is 0 Å². The lowest BCUT2D eigenvalue weighted by Gasteiger charge is -2.05. The van der Waals surface area contributed by atoms with E-state index in [0.29, 0.717) is 0 Å². The number of benzene rings is 1. The average Bonchev–Trinajstić information content (AvgIpc) is 3.20. The highest BCUT2D eigenvalue weighted by atomic mass is 16.5. The van der Waals surface area contributed by atoms with Gasteiger partial charge in [0.2, 0.25) is 0 Å². The molecule has 0 atom stereocenters. The third-order valence-electron chi connectivity index (χ3n) is 3.25. The minimum Gasteiger partial charge on any atom is -0.469 e. The number of nitriles is 1. The molecule has 0 aliphatic heterocycles. The molecule has 0 spiro atoms. The molecule has 92 valence electrons. The zero-order valence-electron chi connectivity index (χ0n) is 10.3. The van der Waals surface area contributed by atoms with Crippen molar-refractivity contribution in [2.45, 2.75) is 24.7 Å². The summed E-state index contributed by atoms with van der Waals surface area (Å²) in [5, 5.41) is 9.09. The third kappa shape index (κ3) is 2.60. The molecule has 1 saturated carbocycles. The van der Waals surface area contributed by atoms with Gasteiger partial charge in [-0.05, 0) is 24.0 Å². The number of hydrogen-bond acceptors (Lipinski definition) is 3. The minimum atomic E-state index is -0.246. The molecule has 0 unspecified atom stereocenters. The fourth-order valence-electron chi connectivity index (χ4n) is 1.88. The van der Waals surface area contributed by atoms with Crippen molar-refractivity contribution in [3.8, 4) is 6.07 Å². The summed E-state index contributed by atoms with van der Waals surface area (Å²) in [5.74, 6) is -0.246. The highest BCUT2D eigenvalue weighted by Crippen LogP contribution is 2.47. The van der Waals surface area contributed by atoms with E-state index < -0.39 is 0 Å². The predicted octanol–water partition coefficient (Wildman–Crippen LogP) is 2.82. The van der Waals surface area contributed by atoms with Crippen LogP contribution in [0.25, 0.3) is 6.08 Å². The van der Waals surface area contributed by atoms with Crippen LogP contribution < -0.4 is 0 Å². The Morgan fingerprint density at radius 2 is 2.11 bits per heavy atom. The average molecular weight is 241 g/mol. The van der Waals surface area contributed by atoms with Crippen molar-refractivity contribution in [2.24, 2.45) is 0 Å². The molecule has 1 aromatic rings. The van der Waals surface area contributed by atoms with Gasteiger partial charge in [-0.25, -0.2) is 0 Å². The zero-order valence-corrected chi connectivity index (χ0v) is 10.3. The Balaban J connectivity index is 2.01. The van der Waals surface area contributed by atoms with E-state index in [-0.39, 0.29) is 17.8 Å². The number of ether oxygens (including phenoxy) is 1. The van der Waals surface area contributed by atoms with Crippen LogP contribution in [0, 0.1) is 11.3 Å². The van der Waals surface area contributed by atoms with Crippen LogP contribution in [-0.2, 0) is 14.9 Å². The lowest BCUT2D eigenvalue weighted by molar-refractivity contribution is -0.139. The molecule has 1 aromatic carbocycles. The van der Waals surface area contributed by atoms with Crippen molar-refractivity contribution >= 4 is 12.0 Å². The van der Waals surface area contributed by atoms with E-state index in [4.69, 9.17) is 5.26 Å². The van der Waals surface area contributed by atoms with Gasteiger partial charge in [-0.15, -0.1) is 0 Å². The van der Waals surface area contributed by atoms with Crippen LogP contribution in [0.15, 0.2) is 30.3 Å². The largest absolute Gasteiger partial charge is 0.469 e. The van der Waals surface area contributed by atoms with E-state index in [1.54, 1.807) is 6.08 Å². The van der Waals surface area contributed by atoms with Crippen molar-refractivity contribution < 1.29 is 9.53 Å². The lowest BCUT2D eigenvalue weighted by atomic mass is 9.96. The van der Waals surface area contributed by atoms with Crippen molar-refractivity contribution in [3.05, 3.63) is 41.5 Å². The molecule has 0 bridgehead atoms. The van der Waals surface area contributed by atoms with Gasteiger partial charge in [0.1, 0.15) is 0 Å². The number of carbonyl (C=O) groups is 1. The third-order valence-corrected chi connectivity index (χ3v) is 3.25. The van der Waals surface area contributed by atoms with E-state index in [2.05, 4.69) is 10.8 Å². The van der Waals surface area contributed by atoms with Crippen LogP contribution in [-0.4, -0.2) is 13.1 Å². The Kier molecular flexibility index (Phi) is 3.47. The first-order valence-corrected chi connectivity index (χ1v) is 5.95. The monoisotopic (exact) mass is 241 g/mol. The van der Waals surface area contributed by atoms with Gasteiger partial charge in [0.25, 0.3) is 0 Å². The maximum atomic E-state index is 10.9. The standard InChI is InChI=1S/C15H15NO2/c1-18-14(17)4-2-3-12-5-7-13(8-6-12)15(11-16)9-10-15/h2-3,5-8H,4,9-10H2,1H3. The van der Waals surface area contributed by atoms with Gasteiger partial charge in [0.15, 0.2) is 0 Å². The van der Waals surface area contributed by atoms with E-state index >= 15 is 0 Å². The van der Waals surface area contributed by atoms with Crippen LogP contribution >= 0.6 is 0 Å². The first-order valence-electron chi connectivity index (χ1n) is 5.95. The topological polar surface area (TPSA) is 50.1 Å². The van der Waals surface area contributed by atoms with Gasteiger partial charge in [-0.1, -0.05) is 36.4 Å². The zero-order chi connectivity index (χ0) is 13.0. The molecule has 0 N–H and O–H groups in total. The number of nitrogens with zero attached hydrogens (tertiary/aromatic N) is 1. The van der Waals surface area contributed by atoms with Crippen molar-refractivity contribution in [2.75, 3.05) is 7.11 Å². The summed E-state index contributed by atoms with van der Waals surface area (Å²) in [6.07, 6.45) is 5.85. The number of rotatable bonds is 4. The molecule has 18 heavy (non-hydrogen) atoms. The molecule has 0 amide bonds. The van der Waals surface area contributed by atoms with Crippen molar-refractivity contribution in [3.63, 3.8) is 0 Å². The SMILES string of the molecule is COC(=O)CC=Cc1ccc(C2(C#N)CC2)cc1. The Morgan fingerprint density at radius 3 is 2.61 bits per heavy atom. The first kappa shape index (κ1) is 12.4. The van der Waals surface area contributed by atoms with Gasteiger partial charge in [-0.3, -0.25) is 4.79 Å².